The van der Waals surface area contributed by atoms with E-state index in [-0.39, 0.29) is 11.9 Å². The van der Waals surface area contributed by atoms with Gasteiger partial charge in [-0.05, 0) is 45.3 Å². The van der Waals surface area contributed by atoms with Crippen LogP contribution in [0.25, 0.3) is 0 Å². The smallest absolute Gasteiger partial charge is 0.247 e. The largest absolute Gasteiger partial charge is 0.339 e. The molecule has 2 fully saturated rings. The fourth-order valence-electron chi connectivity index (χ4n) is 3.41. The van der Waals surface area contributed by atoms with E-state index in [1.54, 1.807) is 10.9 Å². The van der Waals surface area contributed by atoms with Crippen LogP contribution in [0.2, 0.25) is 0 Å². The highest BCUT2D eigenvalue weighted by molar-refractivity contribution is 5.80. The molecule has 116 valence electrons. The lowest BCUT2D eigenvalue weighted by atomic mass is 10.0. The van der Waals surface area contributed by atoms with E-state index in [1.165, 1.54) is 0 Å². The van der Waals surface area contributed by atoms with Gasteiger partial charge in [-0.25, -0.2) is 0 Å². The van der Waals surface area contributed by atoms with Crippen molar-refractivity contribution in [1.29, 1.82) is 0 Å². The number of piperidine rings is 1. The Balaban J connectivity index is 1.55. The molecule has 2 saturated heterocycles. The molecule has 2 atom stereocenters. The number of rotatable bonds is 3. The molecule has 1 amide bonds. The van der Waals surface area contributed by atoms with Crippen LogP contribution in [0.1, 0.15) is 32.2 Å². The molecule has 1 aromatic heterocycles. The van der Waals surface area contributed by atoms with E-state index in [0.717, 1.165) is 45.4 Å². The summed E-state index contributed by atoms with van der Waals surface area (Å²) in [5, 5.41) is 4.17. The number of hydrogen-bond acceptors (Lipinski definition) is 4. The highest BCUT2D eigenvalue weighted by atomic mass is 16.2. The van der Waals surface area contributed by atoms with Crippen LogP contribution in [0.5, 0.6) is 0 Å². The topological polar surface area (TPSA) is 67.4 Å². The Kier molecular flexibility index (Phi) is 4.26. The first kappa shape index (κ1) is 14.5. The molecule has 2 aliphatic heterocycles. The van der Waals surface area contributed by atoms with Crippen molar-refractivity contribution in [2.24, 2.45) is 5.73 Å². The predicted molar refractivity (Wildman–Crippen MR) is 80.7 cm³/mol. The first-order valence-electron chi connectivity index (χ1n) is 7.92. The molecule has 3 rings (SSSR count). The monoisotopic (exact) mass is 291 g/mol. The standard InChI is InChI=1S/C15H25N5O/c1-12(20-7-2-6-17-20)15(21)19-10-5-14(11-19)18-8-3-13(16)4-9-18/h2,6-7,12-14H,3-5,8-11,16H2,1H3. The van der Waals surface area contributed by atoms with E-state index in [9.17, 15) is 4.79 Å². The van der Waals surface area contributed by atoms with Crippen LogP contribution in [0.15, 0.2) is 18.5 Å². The van der Waals surface area contributed by atoms with E-state index < -0.39 is 0 Å². The molecule has 0 saturated carbocycles. The maximum Gasteiger partial charge on any atom is 0.247 e. The van der Waals surface area contributed by atoms with E-state index in [1.807, 2.05) is 24.1 Å². The zero-order chi connectivity index (χ0) is 14.8. The van der Waals surface area contributed by atoms with Gasteiger partial charge in [0, 0.05) is 37.6 Å². The summed E-state index contributed by atoms with van der Waals surface area (Å²) in [5.74, 6) is 0.176. The minimum atomic E-state index is -0.214. The van der Waals surface area contributed by atoms with E-state index in [2.05, 4.69) is 10.00 Å². The lowest BCUT2D eigenvalue weighted by molar-refractivity contribution is -0.133. The van der Waals surface area contributed by atoms with Crippen LogP contribution in [-0.2, 0) is 4.79 Å². The Bertz CT molecular complexity index is 466. The molecule has 0 bridgehead atoms. The third-order valence-corrected chi connectivity index (χ3v) is 4.84. The predicted octanol–water partition coefficient (Wildman–Crippen LogP) is 0.468. The van der Waals surface area contributed by atoms with E-state index in [0.29, 0.717) is 12.1 Å². The van der Waals surface area contributed by atoms with Crippen molar-refractivity contribution in [3.8, 4) is 0 Å². The van der Waals surface area contributed by atoms with Gasteiger partial charge in [0.05, 0.1) is 0 Å². The molecule has 0 spiro atoms. The molecular weight excluding hydrogens is 266 g/mol. The number of amides is 1. The lowest BCUT2D eigenvalue weighted by Crippen LogP contribution is -2.46. The highest BCUT2D eigenvalue weighted by Gasteiger charge is 2.33. The molecule has 1 aromatic rings. The number of nitrogens with two attached hydrogens (primary N) is 1. The van der Waals surface area contributed by atoms with Crippen molar-refractivity contribution in [1.82, 2.24) is 19.6 Å². The van der Waals surface area contributed by atoms with Gasteiger partial charge in [0.2, 0.25) is 5.91 Å². The summed E-state index contributed by atoms with van der Waals surface area (Å²) in [4.78, 5) is 17.1. The fourth-order valence-corrected chi connectivity index (χ4v) is 3.41. The second-order valence-corrected chi connectivity index (χ2v) is 6.26. The Labute approximate surface area is 125 Å². The van der Waals surface area contributed by atoms with Crippen molar-refractivity contribution in [3.63, 3.8) is 0 Å². The van der Waals surface area contributed by atoms with Crippen molar-refractivity contribution >= 4 is 5.91 Å². The Hall–Kier alpha value is -1.40. The van der Waals surface area contributed by atoms with Crippen LogP contribution in [0.3, 0.4) is 0 Å². The second-order valence-electron chi connectivity index (χ2n) is 6.26. The quantitative estimate of drug-likeness (QED) is 0.879. The lowest BCUT2D eigenvalue weighted by Gasteiger charge is -2.34. The normalized spacial score (nSPS) is 26.2. The zero-order valence-corrected chi connectivity index (χ0v) is 12.7. The van der Waals surface area contributed by atoms with Gasteiger partial charge in [0.1, 0.15) is 6.04 Å². The molecule has 3 heterocycles. The van der Waals surface area contributed by atoms with Crippen LogP contribution in [-0.4, -0.2) is 63.8 Å². The molecular formula is C15H25N5O. The molecule has 2 aliphatic rings. The van der Waals surface area contributed by atoms with Crippen molar-refractivity contribution in [2.75, 3.05) is 26.2 Å². The van der Waals surface area contributed by atoms with E-state index in [4.69, 9.17) is 5.73 Å². The minimum Gasteiger partial charge on any atom is -0.339 e. The summed E-state index contributed by atoms with van der Waals surface area (Å²) in [6.07, 6.45) is 6.80. The van der Waals surface area contributed by atoms with Crippen molar-refractivity contribution in [3.05, 3.63) is 18.5 Å². The molecule has 6 nitrogen and oxygen atoms in total. The molecule has 2 unspecified atom stereocenters. The summed E-state index contributed by atoms with van der Waals surface area (Å²) in [6.45, 7) is 5.77. The Morgan fingerprint density at radius 3 is 2.71 bits per heavy atom. The first-order valence-corrected chi connectivity index (χ1v) is 7.92. The Morgan fingerprint density at radius 1 is 1.29 bits per heavy atom. The highest BCUT2D eigenvalue weighted by Crippen LogP contribution is 2.22. The summed E-state index contributed by atoms with van der Waals surface area (Å²) in [7, 11) is 0. The van der Waals surface area contributed by atoms with Gasteiger partial charge in [0.15, 0.2) is 0 Å². The van der Waals surface area contributed by atoms with Crippen LogP contribution < -0.4 is 5.73 Å². The summed E-state index contributed by atoms with van der Waals surface area (Å²) >= 11 is 0. The number of carbonyl (C=O) groups is 1. The minimum absolute atomic E-state index is 0.176. The molecule has 2 N–H and O–H groups in total. The fraction of sp³-hybridized carbons (Fsp3) is 0.733. The number of nitrogens with zero attached hydrogens (tertiary/aromatic N) is 4. The van der Waals surface area contributed by atoms with Gasteiger partial charge in [-0.2, -0.15) is 5.10 Å². The maximum absolute atomic E-state index is 12.6. The number of carbonyl (C=O) groups excluding carboxylic acids is 1. The molecule has 0 aromatic carbocycles. The maximum atomic E-state index is 12.6. The zero-order valence-electron chi connectivity index (χ0n) is 12.7. The summed E-state index contributed by atoms with van der Waals surface area (Å²) < 4.78 is 1.73. The van der Waals surface area contributed by atoms with Gasteiger partial charge in [-0.3, -0.25) is 14.4 Å². The number of likely N-dealkylation sites (tertiary alicyclic amines) is 2. The van der Waals surface area contributed by atoms with Gasteiger partial charge in [-0.1, -0.05) is 0 Å². The van der Waals surface area contributed by atoms with Gasteiger partial charge in [0.25, 0.3) is 0 Å². The SMILES string of the molecule is CC(C(=O)N1CCC(N2CCC(N)CC2)C1)n1cccn1. The third kappa shape index (κ3) is 3.11. The molecule has 6 heteroatoms. The Morgan fingerprint density at radius 2 is 2.05 bits per heavy atom. The van der Waals surface area contributed by atoms with Crippen molar-refractivity contribution < 1.29 is 4.79 Å². The van der Waals surface area contributed by atoms with Gasteiger partial charge in [-0.15, -0.1) is 0 Å². The average Bonchev–Trinajstić information content (AvgIpc) is 3.18. The van der Waals surface area contributed by atoms with Crippen molar-refractivity contribution in [2.45, 2.75) is 44.3 Å². The van der Waals surface area contributed by atoms with E-state index >= 15 is 0 Å². The average molecular weight is 291 g/mol. The second kappa shape index (κ2) is 6.15. The summed E-state index contributed by atoms with van der Waals surface area (Å²) in [5.41, 5.74) is 5.96. The third-order valence-electron chi connectivity index (χ3n) is 4.84. The molecule has 21 heavy (non-hydrogen) atoms. The van der Waals surface area contributed by atoms with Crippen LogP contribution in [0.4, 0.5) is 0 Å². The first-order chi connectivity index (χ1) is 10.1. The molecule has 0 aliphatic carbocycles. The van der Waals surface area contributed by atoms with Gasteiger partial charge < -0.3 is 10.6 Å². The molecule has 0 radical (unpaired) electrons. The van der Waals surface area contributed by atoms with Crippen LogP contribution in [0, 0.1) is 0 Å². The van der Waals surface area contributed by atoms with Gasteiger partial charge >= 0.3 is 0 Å². The number of aromatic nitrogens is 2. The number of hydrogen-bond donors (Lipinski definition) is 1. The van der Waals surface area contributed by atoms with Crippen LogP contribution >= 0.6 is 0 Å². The summed E-state index contributed by atoms with van der Waals surface area (Å²) in [6, 6.07) is 2.51.